The lowest BCUT2D eigenvalue weighted by atomic mass is 10.1. The number of likely N-dealkylation sites (N-methyl/N-ethyl adjacent to an activating group) is 1. The third-order valence-corrected chi connectivity index (χ3v) is 2.70. The number of hydrogen-bond acceptors (Lipinski definition) is 4. The number of hydrogen-bond donors (Lipinski definition) is 2. The number of nitrogens with one attached hydrogen (secondary N) is 2. The predicted octanol–water partition coefficient (Wildman–Crippen LogP) is 1.03. The summed E-state index contributed by atoms with van der Waals surface area (Å²) >= 11 is 0. The summed E-state index contributed by atoms with van der Waals surface area (Å²) in [7, 11) is 1.95. The first-order valence-electron chi connectivity index (χ1n) is 5.55. The minimum Gasteiger partial charge on any atom is -0.454 e. The van der Waals surface area contributed by atoms with Crippen LogP contribution in [0.1, 0.15) is 11.1 Å². The normalized spacial score (nSPS) is 13.1. The molecule has 1 heterocycles. The van der Waals surface area contributed by atoms with Crippen molar-refractivity contribution in [3.8, 4) is 11.5 Å². The Morgan fingerprint density at radius 3 is 2.69 bits per heavy atom. The summed E-state index contributed by atoms with van der Waals surface area (Å²) in [4.78, 5) is 0. The molecule has 88 valence electrons. The van der Waals surface area contributed by atoms with Crippen LogP contribution in [0.3, 0.4) is 0 Å². The Balaban J connectivity index is 1.98. The van der Waals surface area contributed by atoms with Crippen molar-refractivity contribution in [2.24, 2.45) is 0 Å². The third-order valence-electron chi connectivity index (χ3n) is 2.70. The second-order valence-corrected chi connectivity index (χ2v) is 3.91. The van der Waals surface area contributed by atoms with Crippen molar-refractivity contribution in [3.63, 3.8) is 0 Å². The molecule has 0 amide bonds. The Labute approximate surface area is 95.9 Å². The Kier molecular flexibility index (Phi) is 3.64. The lowest BCUT2D eigenvalue weighted by Crippen LogP contribution is -2.24. The molecule has 0 saturated carbocycles. The van der Waals surface area contributed by atoms with E-state index in [0.29, 0.717) is 6.79 Å². The largest absolute Gasteiger partial charge is 0.454 e. The molecule has 1 aromatic rings. The quantitative estimate of drug-likeness (QED) is 0.730. The average molecular weight is 222 g/mol. The van der Waals surface area contributed by atoms with Crippen LogP contribution in [0.5, 0.6) is 11.5 Å². The molecule has 4 heteroatoms. The molecule has 0 spiro atoms. The topological polar surface area (TPSA) is 42.5 Å². The first-order chi connectivity index (χ1) is 7.81. The minimum atomic E-state index is 0.339. The van der Waals surface area contributed by atoms with E-state index < -0.39 is 0 Å². The lowest BCUT2D eigenvalue weighted by molar-refractivity contribution is 0.174. The smallest absolute Gasteiger partial charge is 0.231 e. The molecule has 1 aliphatic rings. The van der Waals surface area contributed by atoms with Crippen LogP contribution in [0.2, 0.25) is 0 Å². The first kappa shape index (κ1) is 11.2. The molecule has 1 aliphatic heterocycles. The fourth-order valence-corrected chi connectivity index (χ4v) is 1.71. The zero-order valence-corrected chi connectivity index (χ0v) is 9.80. The van der Waals surface area contributed by atoms with Gasteiger partial charge in [0.05, 0.1) is 0 Å². The van der Waals surface area contributed by atoms with Crippen LogP contribution in [-0.4, -0.2) is 26.9 Å². The van der Waals surface area contributed by atoms with Crippen molar-refractivity contribution >= 4 is 0 Å². The van der Waals surface area contributed by atoms with Gasteiger partial charge >= 0.3 is 0 Å². The maximum Gasteiger partial charge on any atom is 0.231 e. The summed E-state index contributed by atoms with van der Waals surface area (Å²) in [6, 6.07) is 4.10. The molecule has 1 aromatic carbocycles. The van der Waals surface area contributed by atoms with Gasteiger partial charge in [0.15, 0.2) is 11.5 Å². The van der Waals surface area contributed by atoms with Gasteiger partial charge in [-0.2, -0.15) is 0 Å². The van der Waals surface area contributed by atoms with Gasteiger partial charge in [-0.25, -0.2) is 0 Å². The molecule has 16 heavy (non-hydrogen) atoms. The predicted molar refractivity (Wildman–Crippen MR) is 62.9 cm³/mol. The van der Waals surface area contributed by atoms with E-state index in [1.54, 1.807) is 0 Å². The highest BCUT2D eigenvalue weighted by Crippen LogP contribution is 2.34. The van der Waals surface area contributed by atoms with Crippen molar-refractivity contribution in [2.75, 3.05) is 26.9 Å². The molecule has 0 aromatic heterocycles. The fourth-order valence-electron chi connectivity index (χ4n) is 1.71. The number of rotatable bonds is 5. The Bertz CT molecular complexity index is 366. The standard InChI is InChI=1S/C12H18N2O2/c1-9-5-11-12(16-8-15-11)6-10(9)7-14-4-3-13-2/h5-6,13-14H,3-4,7-8H2,1-2H3. The summed E-state index contributed by atoms with van der Waals surface area (Å²) in [5.74, 6) is 1.72. The molecule has 0 fully saturated rings. The fraction of sp³-hybridized carbons (Fsp3) is 0.500. The van der Waals surface area contributed by atoms with Crippen LogP contribution < -0.4 is 20.1 Å². The maximum absolute atomic E-state index is 5.36. The van der Waals surface area contributed by atoms with Gasteiger partial charge in [-0.3, -0.25) is 0 Å². The number of ether oxygens (including phenoxy) is 2. The third kappa shape index (κ3) is 2.46. The Morgan fingerprint density at radius 2 is 1.94 bits per heavy atom. The average Bonchev–Trinajstić information content (AvgIpc) is 2.71. The maximum atomic E-state index is 5.36. The van der Waals surface area contributed by atoms with E-state index in [1.807, 2.05) is 13.1 Å². The van der Waals surface area contributed by atoms with Crippen molar-refractivity contribution < 1.29 is 9.47 Å². The summed E-state index contributed by atoms with van der Waals surface area (Å²) in [6.07, 6.45) is 0. The summed E-state index contributed by atoms with van der Waals surface area (Å²) in [5.41, 5.74) is 2.50. The molecule has 0 atom stereocenters. The number of aryl methyl sites for hydroxylation is 1. The highest BCUT2D eigenvalue weighted by Gasteiger charge is 2.15. The molecule has 2 N–H and O–H groups in total. The zero-order chi connectivity index (χ0) is 11.4. The van der Waals surface area contributed by atoms with Gasteiger partial charge in [-0.15, -0.1) is 0 Å². The van der Waals surface area contributed by atoms with E-state index in [9.17, 15) is 0 Å². The highest BCUT2D eigenvalue weighted by molar-refractivity contribution is 5.48. The van der Waals surface area contributed by atoms with Crippen LogP contribution >= 0.6 is 0 Å². The van der Waals surface area contributed by atoms with Crippen LogP contribution in [0.15, 0.2) is 12.1 Å². The summed E-state index contributed by atoms with van der Waals surface area (Å²) < 4.78 is 10.7. The van der Waals surface area contributed by atoms with Crippen LogP contribution in [0.4, 0.5) is 0 Å². The molecule has 0 aliphatic carbocycles. The van der Waals surface area contributed by atoms with E-state index in [2.05, 4.69) is 23.6 Å². The first-order valence-corrected chi connectivity index (χ1v) is 5.55. The summed E-state index contributed by atoms with van der Waals surface area (Å²) in [5, 5.41) is 6.48. The van der Waals surface area contributed by atoms with Gasteiger partial charge in [0.25, 0.3) is 0 Å². The molecule has 0 saturated heterocycles. The van der Waals surface area contributed by atoms with Gasteiger partial charge in [0.2, 0.25) is 6.79 Å². The monoisotopic (exact) mass is 222 g/mol. The van der Waals surface area contributed by atoms with E-state index in [-0.39, 0.29) is 0 Å². The Morgan fingerprint density at radius 1 is 1.19 bits per heavy atom. The lowest BCUT2D eigenvalue weighted by Gasteiger charge is -2.08. The van der Waals surface area contributed by atoms with Crippen LogP contribution in [0, 0.1) is 6.92 Å². The zero-order valence-electron chi connectivity index (χ0n) is 9.80. The molecule has 0 unspecified atom stereocenters. The van der Waals surface area contributed by atoms with Crippen molar-refractivity contribution in [3.05, 3.63) is 23.3 Å². The van der Waals surface area contributed by atoms with E-state index in [0.717, 1.165) is 31.1 Å². The molecule has 0 bridgehead atoms. The molecule has 4 nitrogen and oxygen atoms in total. The van der Waals surface area contributed by atoms with Gasteiger partial charge in [-0.1, -0.05) is 0 Å². The van der Waals surface area contributed by atoms with E-state index in [4.69, 9.17) is 9.47 Å². The van der Waals surface area contributed by atoms with Crippen LogP contribution in [-0.2, 0) is 6.54 Å². The molecular formula is C12H18N2O2. The van der Waals surface area contributed by atoms with Crippen molar-refractivity contribution in [1.29, 1.82) is 0 Å². The van der Waals surface area contributed by atoms with Gasteiger partial charge in [0, 0.05) is 19.6 Å². The van der Waals surface area contributed by atoms with Gasteiger partial charge in [-0.05, 0) is 37.2 Å². The minimum absolute atomic E-state index is 0.339. The second kappa shape index (κ2) is 5.18. The van der Waals surface area contributed by atoms with Gasteiger partial charge in [0.1, 0.15) is 0 Å². The number of benzene rings is 1. The summed E-state index contributed by atoms with van der Waals surface area (Å²) in [6.45, 7) is 5.24. The highest BCUT2D eigenvalue weighted by atomic mass is 16.7. The molecular weight excluding hydrogens is 204 g/mol. The van der Waals surface area contributed by atoms with Gasteiger partial charge < -0.3 is 20.1 Å². The van der Waals surface area contributed by atoms with E-state index in [1.165, 1.54) is 11.1 Å². The second-order valence-electron chi connectivity index (χ2n) is 3.91. The number of fused-ring (bicyclic) bond motifs is 1. The van der Waals surface area contributed by atoms with Crippen molar-refractivity contribution in [1.82, 2.24) is 10.6 Å². The molecule has 0 radical (unpaired) electrons. The Hall–Kier alpha value is -1.26. The van der Waals surface area contributed by atoms with E-state index >= 15 is 0 Å². The SMILES string of the molecule is CNCCNCc1cc2c(cc1C)OCO2. The van der Waals surface area contributed by atoms with Crippen LogP contribution in [0.25, 0.3) is 0 Å². The van der Waals surface area contributed by atoms with Crippen molar-refractivity contribution in [2.45, 2.75) is 13.5 Å². The molecule has 2 rings (SSSR count).